The topological polar surface area (TPSA) is 93.3 Å². The molecule has 0 spiro atoms. The van der Waals surface area contributed by atoms with Crippen molar-refractivity contribution in [3.8, 4) is 0 Å². The Morgan fingerprint density at radius 1 is 1.32 bits per heavy atom. The van der Waals surface area contributed by atoms with E-state index in [9.17, 15) is 13.5 Å². The van der Waals surface area contributed by atoms with Crippen LogP contribution < -0.4 is 0 Å². The number of sulfone groups is 1. The predicted octanol–water partition coefficient (Wildman–Crippen LogP) is 2.32. The number of hydrogen-bond acceptors (Lipinski definition) is 6. The summed E-state index contributed by atoms with van der Waals surface area (Å²) in [7, 11) is -3.56. The van der Waals surface area contributed by atoms with Crippen molar-refractivity contribution < 1.29 is 18.0 Å². The molecular weight excluding hydrogens is 328 g/mol. The fourth-order valence-electron chi connectivity index (χ4n) is 1.94. The van der Waals surface area contributed by atoms with Crippen LogP contribution >= 0.6 is 11.6 Å². The zero-order chi connectivity index (χ0) is 16.2. The molecule has 1 heterocycles. The third kappa shape index (κ3) is 4.79. The first-order valence-corrected chi connectivity index (χ1v) is 9.05. The van der Waals surface area contributed by atoms with Crippen LogP contribution in [0.4, 0.5) is 0 Å². The number of hydrogen-bond donors (Lipinski definition) is 1. The van der Waals surface area contributed by atoms with Crippen LogP contribution in [0.5, 0.6) is 0 Å². The first-order chi connectivity index (χ1) is 10.4. The molecular formula is C14H17ClN2O4S. The van der Waals surface area contributed by atoms with E-state index < -0.39 is 21.7 Å². The van der Waals surface area contributed by atoms with Gasteiger partial charge in [-0.1, -0.05) is 35.8 Å². The lowest BCUT2D eigenvalue weighted by atomic mass is 10.1. The van der Waals surface area contributed by atoms with Gasteiger partial charge in [-0.05, 0) is 24.1 Å². The normalized spacial score (nSPS) is 13.2. The molecule has 0 saturated carbocycles. The molecule has 22 heavy (non-hydrogen) atoms. The van der Waals surface area contributed by atoms with Crippen LogP contribution in [0.2, 0.25) is 5.02 Å². The van der Waals surface area contributed by atoms with E-state index >= 15 is 0 Å². The lowest BCUT2D eigenvalue weighted by Crippen LogP contribution is -2.17. The third-order valence-corrected chi connectivity index (χ3v) is 4.76. The standard InChI is InChI=1S/C14H17ClN2O4S/c1-2-3-14-16-13(17-21-14)9-22(19,20)8-12(18)10-4-6-11(15)7-5-10/h4-7,12,18H,2-3,8-9H2,1H3. The minimum absolute atomic E-state index is 0.117. The van der Waals surface area contributed by atoms with Crippen molar-refractivity contribution in [2.24, 2.45) is 0 Å². The number of rotatable bonds is 7. The Bertz CT molecular complexity index is 713. The Labute approximate surface area is 134 Å². The molecule has 120 valence electrons. The van der Waals surface area contributed by atoms with E-state index in [2.05, 4.69) is 10.1 Å². The maximum absolute atomic E-state index is 12.1. The summed E-state index contributed by atoms with van der Waals surface area (Å²) < 4.78 is 29.2. The molecule has 6 nitrogen and oxygen atoms in total. The molecule has 0 saturated heterocycles. The molecule has 0 fully saturated rings. The van der Waals surface area contributed by atoms with Crippen LogP contribution in [-0.2, 0) is 22.0 Å². The Hall–Kier alpha value is -1.44. The molecule has 1 aromatic heterocycles. The second-order valence-corrected chi connectivity index (χ2v) is 7.52. The second-order valence-electron chi connectivity index (χ2n) is 4.98. The molecule has 0 radical (unpaired) electrons. The quantitative estimate of drug-likeness (QED) is 0.828. The van der Waals surface area contributed by atoms with Gasteiger partial charge in [-0.2, -0.15) is 4.98 Å². The van der Waals surface area contributed by atoms with Gasteiger partial charge in [0.1, 0.15) is 5.75 Å². The molecule has 1 aromatic carbocycles. The van der Waals surface area contributed by atoms with Gasteiger partial charge in [0.05, 0.1) is 11.9 Å². The van der Waals surface area contributed by atoms with Crippen molar-refractivity contribution in [3.63, 3.8) is 0 Å². The number of halogens is 1. The highest BCUT2D eigenvalue weighted by Crippen LogP contribution is 2.19. The lowest BCUT2D eigenvalue weighted by Gasteiger charge is -2.10. The molecule has 0 bridgehead atoms. The van der Waals surface area contributed by atoms with E-state index in [1.807, 2.05) is 6.92 Å². The number of benzene rings is 1. The van der Waals surface area contributed by atoms with Crippen LogP contribution in [0.1, 0.15) is 36.7 Å². The monoisotopic (exact) mass is 344 g/mol. The average molecular weight is 345 g/mol. The Morgan fingerprint density at radius 2 is 2.00 bits per heavy atom. The number of aliphatic hydroxyl groups excluding tert-OH is 1. The highest BCUT2D eigenvalue weighted by Gasteiger charge is 2.22. The van der Waals surface area contributed by atoms with Gasteiger partial charge in [-0.15, -0.1) is 0 Å². The summed E-state index contributed by atoms with van der Waals surface area (Å²) in [5.74, 6) is -0.227. The van der Waals surface area contributed by atoms with Crippen LogP contribution in [0.15, 0.2) is 28.8 Å². The molecule has 1 atom stereocenters. The smallest absolute Gasteiger partial charge is 0.226 e. The van der Waals surface area contributed by atoms with Gasteiger partial charge in [0, 0.05) is 11.4 Å². The predicted molar refractivity (Wildman–Crippen MR) is 82.2 cm³/mol. The van der Waals surface area contributed by atoms with Gasteiger partial charge in [0.25, 0.3) is 0 Å². The van der Waals surface area contributed by atoms with E-state index in [1.54, 1.807) is 24.3 Å². The molecule has 2 aromatic rings. The average Bonchev–Trinajstić information content (AvgIpc) is 2.85. The van der Waals surface area contributed by atoms with Crippen molar-refractivity contribution in [1.82, 2.24) is 10.1 Å². The summed E-state index contributed by atoms with van der Waals surface area (Å²) in [5.41, 5.74) is 0.493. The first-order valence-electron chi connectivity index (χ1n) is 6.85. The van der Waals surface area contributed by atoms with E-state index in [4.69, 9.17) is 16.1 Å². The van der Waals surface area contributed by atoms with Crippen LogP contribution in [0.3, 0.4) is 0 Å². The molecule has 1 N–H and O–H groups in total. The fraction of sp³-hybridized carbons (Fsp3) is 0.429. The third-order valence-electron chi connectivity index (χ3n) is 2.99. The highest BCUT2D eigenvalue weighted by atomic mass is 35.5. The summed E-state index contributed by atoms with van der Waals surface area (Å²) >= 11 is 5.76. The molecule has 0 aliphatic rings. The minimum Gasteiger partial charge on any atom is -0.387 e. The Balaban J connectivity index is 2.01. The molecule has 2 rings (SSSR count). The van der Waals surface area contributed by atoms with Crippen molar-refractivity contribution in [2.45, 2.75) is 31.6 Å². The molecule has 0 amide bonds. The number of aliphatic hydroxyl groups is 1. The first kappa shape index (κ1) is 16.9. The maximum Gasteiger partial charge on any atom is 0.226 e. The van der Waals surface area contributed by atoms with Crippen molar-refractivity contribution in [2.75, 3.05) is 5.75 Å². The molecule has 8 heteroatoms. The van der Waals surface area contributed by atoms with Crippen LogP contribution in [0, 0.1) is 0 Å². The van der Waals surface area contributed by atoms with Crippen LogP contribution in [0.25, 0.3) is 0 Å². The number of nitrogens with zero attached hydrogens (tertiary/aromatic N) is 2. The van der Waals surface area contributed by atoms with Crippen molar-refractivity contribution in [3.05, 3.63) is 46.6 Å². The molecule has 0 aliphatic heterocycles. The van der Waals surface area contributed by atoms with Gasteiger partial charge < -0.3 is 9.63 Å². The van der Waals surface area contributed by atoms with Crippen molar-refractivity contribution in [1.29, 1.82) is 0 Å². The Kier molecular flexibility index (Phi) is 5.55. The second kappa shape index (κ2) is 7.21. The lowest BCUT2D eigenvalue weighted by molar-refractivity contribution is 0.201. The summed E-state index contributed by atoms with van der Waals surface area (Å²) in [6.07, 6.45) is 0.327. The van der Waals surface area contributed by atoms with E-state index in [-0.39, 0.29) is 11.6 Å². The SMILES string of the molecule is CCCc1nc(CS(=O)(=O)CC(O)c2ccc(Cl)cc2)no1. The number of aromatic nitrogens is 2. The summed E-state index contributed by atoms with van der Waals surface area (Å²) in [5, 5.41) is 14.2. The van der Waals surface area contributed by atoms with E-state index in [0.29, 0.717) is 22.9 Å². The maximum atomic E-state index is 12.1. The summed E-state index contributed by atoms with van der Waals surface area (Å²) in [6, 6.07) is 6.39. The molecule has 0 aliphatic carbocycles. The van der Waals surface area contributed by atoms with Gasteiger partial charge >= 0.3 is 0 Å². The van der Waals surface area contributed by atoms with E-state index in [0.717, 1.165) is 6.42 Å². The summed E-state index contributed by atoms with van der Waals surface area (Å²) in [4.78, 5) is 4.02. The molecule has 1 unspecified atom stereocenters. The van der Waals surface area contributed by atoms with Crippen LogP contribution in [-0.4, -0.2) is 29.4 Å². The Morgan fingerprint density at radius 3 is 2.64 bits per heavy atom. The van der Waals surface area contributed by atoms with Gasteiger partial charge in [-0.3, -0.25) is 0 Å². The highest BCUT2D eigenvalue weighted by molar-refractivity contribution is 7.90. The van der Waals surface area contributed by atoms with E-state index in [1.165, 1.54) is 0 Å². The fourth-order valence-corrected chi connectivity index (χ4v) is 3.37. The minimum atomic E-state index is -3.56. The zero-order valence-corrected chi connectivity index (χ0v) is 13.6. The number of aryl methyl sites for hydroxylation is 1. The van der Waals surface area contributed by atoms with Gasteiger partial charge in [-0.25, -0.2) is 8.42 Å². The van der Waals surface area contributed by atoms with Crippen molar-refractivity contribution >= 4 is 21.4 Å². The van der Waals surface area contributed by atoms with Gasteiger partial charge in [0.15, 0.2) is 15.7 Å². The largest absolute Gasteiger partial charge is 0.387 e. The van der Waals surface area contributed by atoms with Gasteiger partial charge in [0.2, 0.25) is 5.89 Å². The summed E-state index contributed by atoms with van der Waals surface area (Å²) in [6.45, 7) is 1.96. The zero-order valence-electron chi connectivity index (χ0n) is 12.1.